The lowest BCUT2D eigenvalue weighted by Crippen LogP contribution is -2.29. The minimum absolute atomic E-state index is 0.00948. The van der Waals surface area contributed by atoms with Crippen LogP contribution in [0.1, 0.15) is 31.9 Å². The van der Waals surface area contributed by atoms with E-state index in [1.165, 1.54) is 11.8 Å². The Morgan fingerprint density at radius 3 is 2.63 bits per heavy atom. The van der Waals surface area contributed by atoms with Crippen LogP contribution in [0.25, 0.3) is 10.9 Å². The molecule has 2 aromatic carbocycles. The summed E-state index contributed by atoms with van der Waals surface area (Å²) in [4.78, 5) is 30.0. The number of carbonyl (C=O) groups excluding carboxylic acids is 1. The molecule has 30 heavy (non-hydrogen) atoms. The van der Waals surface area contributed by atoms with E-state index >= 15 is 0 Å². The number of hydrogen-bond acceptors (Lipinski definition) is 5. The Labute approximate surface area is 180 Å². The molecule has 0 radical (unpaired) electrons. The first kappa shape index (κ1) is 21.9. The van der Waals surface area contributed by atoms with Crippen LogP contribution in [-0.2, 0) is 11.2 Å². The molecular formula is C23H27N3O3S. The van der Waals surface area contributed by atoms with Gasteiger partial charge >= 0.3 is 0 Å². The fourth-order valence-electron chi connectivity index (χ4n) is 3.12. The molecule has 3 aromatic rings. The molecule has 0 aliphatic rings. The van der Waals surface area contributed by atoms with E-state index in [2.05, 4.69) is 10.3 Å². The SMILES string of the molecule is CC[C@@H](C)n1c(SCC(=O)NCCc2ccc(OC)cc2)nc2ccccc2c1=O. The van der Waals surface area contributed by atoms with Gasteiger partial charge in [0.15, 0.2) is 5.16 Å². The lowest BCUT2D eigenvalue weighted by atomic mass is 10.1. The van der Waals surface area contributed by atoms with Gasteiger partial charge in [-0.3, -0.25) is 14.2 Å². The number of amides is 1. The first-order valence-corrected chi connectivity index (χ1v) is 11.1. The van der Waals surface area contributed by atoms with Gasteiger partial charge in [0.1, 0.15) is 5.75 Å². The Hall–Kier alpha value is -2.80. The highest BCUT2D eigenvalue weighted by Crippen LogP contribution is 2.22. The molecule has 158 valence electrons. The summed E-state index contributed by atoms with van der Waals surface area (Å²) in [5.74, 6) is 0.949. The second-order valence-electron chi connectivity index (χ2n) is 7.08. The van der Waals surface area contributed by atoms with Gasteiger partial charge in [-0.2, -0.15) is 0 Å². The van der Waals surface area contributed by atoms with Gasteiger partial charge in [-0.1, -0.05) is 43.0 Å². The van der Waals surface area contributed by atoms with Crippen LogP contribution in [0, 0.1) is 0 Å². The van der Waals surface area contributed by atoms with Gasteiger partial charge in [0.25, 0.3) is 5.56 Å². The standard InChI is InChI=1S/C23H27N3O3S/c1-4-16(2)26-22(28)19-7-5-6-8-20(19)25-23(26)30-15-21(27)24-14-13-17-9-11-18(29-3)12-10-17/h5-12,16H,4,13-15H2,1-3H3,(H,24,27)/t16-/m1/s1. The Morgan fingerprint density at radius 1 is 1.20 bits per heavy atom. The van der Waals surface area contributed by atoms with Crippen molar-refractivity contribution >= 4 is 28.6 Å². The molecule has 1 N–H and O–H groups in total. The molecule has 0 bridgehead atoms. The first-order chi connectivity index (χ1) is 14.5. The maximum Gasteiger partial charge on any atom is 0.262 e. The highest BCUT2D eigenvalue weighted by molar-refractivity contribution is 7.99. The van der Waals surface area contributed by atoms with Crippen molar-refractivity contribution < 1.29 is 9.53 Å². The van der Waals surface area contributed by atoms with Crippen molar-refractivity contribution in [3.63, 3.8) is 0 Å². The number of methoxy groups -OCH3 is 1. The Morgan fingerprint density at radius 2 is 1.93 bits per heavy atom. The number of ether oxygens (including phenoxy) is 1. The number of carbonyl (C=O) groups is 1. The molecule has 1 heterocycles. The number of nitrogens with one attached hydrogen (secondary N) is 1. The molecule has 6 nitrogen and oxygen atoms in total. The third-order valence-corrected chi connectivity index (χ3v) is 5.99. The highest BCUT2D eigenvalue weighted by Gasteiger charge is 2.16. The van der Waals surface area contributed by atoms with Crippen molar-refractivity contribution in [2.75, 3.05) is 19.4 Å². The summed E-state index contributed by atoms with van der Waals surface area (Å²) in [5.41, 5.74) is 1.73. The summed E-state index contributed by atoms with van der Waals surface area (Å²) in [6, 6.07) is 15.1. The van der Waals surface area contributed by atoms with Gasteiger partial charge in [0, 0.05) is 12.6 Å². The molecule has 0 aliphatic carbocycles. The minimum Gasteiger partial charge on any atom is -0.497 e. The smallest absolute Gasteiger partial charge is 0.262 e. The fourth-order valence-corrected chi connectivity index (χ4v) is 4.05. The summed E-state index contributed by atoms with van der Waals surface area (Å²) in [6.07, 6.45) is 1.55. The average molecular weight is 426 g/mol. The third-order valence-electron chi connectivity index (χ3n) is 5.03. The van der Waals surface area contributed by atoms with Crippen LogP contribution in [0.4, 0.5) is 0 Å². The quantitative estimate of drug-likeness (QED) is 0.417. The van der Waals surface area contributed by atoms with Crippen LogP contribution in [0.15, 0.2) is 58.5 Å². The summed E-state index contributed by atoms with van der Waals surface area (Å²) < 4.78 is 6.86. The van der Waals surface area contributed by atoms with Crippen molar-refractivity contribution in [1.82, 2.24) is 14.9 Å². The molecule has 0 saturated heterocycles. The second-order valence-corrected chi connectivity index (χ2v) is 8.02. The van der Waals surface area contributed by atoms with E-state index < -0.39 is 0 Å². The predicted molar refractivity (Wildman–Crippen MR) is 121 cm³/mol. The van der Waals surface area contributed by atoms with Crippen LogP contribution in [0.3, 0.4) is 0 Å². The van der Waals surface area contributed by atoms with Gasteiger partial charge in [0.2, 0.25) is 5.91 Å². The Bertz CT molecular complexity index is 1060. The zero-order valence-corrected chi connectivity index (χ0v) is 18.4. The van der Waals surface area contributed by atoms with Crippen molar-refractivity contribution in [1.29, 1.82) is 0 Å². The van der Waals surface area contributed by atoms with Crippen LogP contribution in [-0.4, -0.2) is 34.9 Å². The van der Waals surface area contributed by atoms with E-state index in [0.29, 0.717) is 22.6 Å². The number of nitrogens with zero attached hydrogens (tertiary/aromatic N) is 2. The number of thioether (sulfide) groups is 1. The Kier molecular flexibility index (Phi) is 7.52. The molecule has 0 fully saturated rings. The average Bonchev–Trinajstić information content (AvgIpc) is 2.78. The van der Waals surface area contributed by atoms with Crippen molar-refractivity contribution in [3.05, 3.63) is 64.4 Å². The highest BCUT2D eigenvalue weighted by atomic mass is 32.2. The largest absolute Gasteiger partial charge is 0.497 e. The molecule has 3 rings (SSSR count). The van der Waals surface area contributed by atoms with Crippen LogP contribution < -0.4 is 15.6 Å². The zero-order chi connectivity index (χ0) is 21.5. The monoisotopic (exact) mass is 425 g/mol. The second kappa shape index (κ2) is 10.3. The summed E-state index contributed by atoms with van der Waals surface area (Å²) in [6.45, 7) is 4.58. The van der Waals surface area contributed by atoms with E-state index in [9.17, 15) is 9.59 Å². The molecule has 1 atom stereocenters. The summed E-state index contributed by atoms with van der Waals surface area (Å²) in [5, 5.41) is 4.12. The topological polar surface area (TPSA) is 73.2 Å². The zero-order valence-electron chi connectivity index (χ0n) is 17.6. The van der Waals surface area contributed by atoms with Gasteiger partial charge < -0.3 is 10.1 Å². The summed E-state index contributed by atoms with van der Waals surface area (Å²) >= 11 is 1.30. The summed E-state index contributed by atoms with van der Waals surface area (Å²) in [7, 11) is 1.64. The molecule has 1 aromatic heterocycles. The minimum atomic E-state index is -0.0772. The number of fused-ring (bicyclic) bond motifs is 1. The molecule has 0 saturated carbocycles. The molecule has 0 spiro atoms. The Balaban J connectivity index is 1.64. The number of para-hydroxylation sites is 1. The number of benzene rings is 2. The van der Waals surface area contributed by atoms with E-state index in [0.717, 1.165) is 24.2 Å². The van der Waals surface area contributed by atoms with Crippen LogP contribution in [0.5, 0.6) is 5.75 Å². The van der Waals surface area contributed by atoms with E-state index in [1.807, 2.05) is 56.3 Å². The molecular weight excluding hydrogens is 398 g/mol. The fraction of sp³-hybridized carbons (Fsp3) is 0.348. The molecule has 1 amide bonds. The van der Waals surface area contributed by atoms with Crippen molar-refractivity contribution in [2.45, 2.75) is 37.9 Å². The van der Waals surface area contributed by atoms with Crippen molar-refractivity contribution in [2.24, 2.45) is 0 Å². The van der Waals surface area contributed by atoms with E-state index in [1.54, 1.807) is 17.7 Å². The number of hydrogen-bond donors (Lipinski definition) is 1. The maximum atomic E-state index is 13.0. The third kappa shape index (κ3) is 5.21. The van der Waals surface area contributed by atoms with E-state index in [4.69, 9.17) is 4.74 Å². The van der Waals surface area contributed by atoms with Crippen LogP contribution >= 0.6 is 11.8 Å². The normalized spacial score (nSPS) is 12.0. The number of rotatable bonds is 9. The predicted octanol–water partition coefficient (Wildman–Crippen LogP) is 3.83. The first-order valence-electron chi connectivity index (χ1n) is 10.1. The van der Waals surface area contributed by atoms with Crippen molar-refractivity contribution in [3.8, 4) is 5.75 Å². The van der Waals surface area contributed by atoms with Gasteiger partial charge in [0.05, 0.1) is 23.8 Å². The van der Waals surface area contributed by atoms with Gasteiger partial charge in [-0.25, -0.2) is 4.98 Å². The van der Waals surface area contributed by atoms with Crippen LogP contribution in [0.2, 0.25) is 0 Å². The van der Waals surface area contributed by atoms with Gasteiger partial charge in [-0.05, 0) is 49.6 Å². The lowest BCUT2D eigenvalue weighted by molar-refractivity contribution is -0.118. The number of aromatic nitrogens is 2. The molecule has 7 heteroatoms. The van der Waals surface area contributed by atoms with E-state index in [-0.39, 0.29) is 23.3 Å². The van der Waals surface area contributed by atoms with Gasteiger partial charge in [-0.15, -0.1) is 0 Å². The molecule has 0 aliphatic heterocycles. The lowest BCUT2D eigenvalue weighted by Gasteiger charge is -2.18. The molecule has 0 unspecified atom stereocenters. The maximum absolute atomic E-state index is 13.0.